The van der Waals surface area contributed by atoms with Crippen molar-refractivity contribution in [3.8, 4) is 0 Å². The Hall–Kier alpha value is -0.570. The number of hydrogen-bond acceptors (Lipinski definition) is 2. The van der Waals surface area contributed by atoms with Gasteiger partial charge in [-0.2, -0.15) is 0 Å². The monoisotopic (exact) mass is 170 g/mol. The van der Waals surface area contributed by atoms with Crippen molar-refractivity contribution in [2.45, 2.75) is 32.1 Å². The van der Waals surface area contributed by atoms with E-state index < -0.39 is 0 Å². The number of carbonyl (C=O) groups is 1. The predicted molar refractivity (Wildman–Crippen MR) is 48.6 cm³/mol. The summed E-state index contributed by atoms with van der Waals surface area (Å²) in [4.78, 5) is 11.5. The van der Waals surface area contributed by atoms with Gasteiger partial charge in [-0.25, -0.2) is 0 Å². The maximum absolute atomic E-state index is 11.5. The van der Waals surface area contributed by atoms with Gasteiger partial charge in [0.2, 0.25) is 5.91 Å². The average Bonchev–Trinajstić information content (AvgIpc) is 2.17. The topological polar surface area (TPSA) is 55.1 Å². The molecule has 3 N–H and O–H groups in total. The molecule has 1 fully saturated rings. The van der Waals surface area contributed by atoms with Gasteiger partial charge >= 0.3 is 0 Å². The lowest BCUT2D eigenvalue weighted by Gasteiger charge is -2.33. The van der Waals surface area contributed by atoms with Gasteiger partial charge in [0.15, 0.2) is 0 Å². The fraction of sp³-hybridized carbons (Fsp3) is 0.889. The van der Waals surface area contributed by atoms with Gasteiger partial charge < -0.3 is 11.1 Å². The zero-order chi connectivity index (χ0) is 9.03. The molecular formula is C9H18N2O. The highest BCUT2D eigenvalue weighted by Crippen LogP contribution is 2.35. The third kappa shape index (κ3) is 1.61. The Kier molecular flexibility index (Phi) is 3.09. The summed E-state index contributed by atoms with van der Waals surface area (Å²) in [6, 6.07) is 0. The first-order chi connectivity index (χ1) is 5.75. The molecule has 0 bridgehead atoms. The highest BCUT2D eigenvalue weighted by atomic mass is 16.2. The lowest BCUT2D eigenvalue weighted by Crippen LogP contribution is -2.45. The van der Waals surface area contributed by atoms with Crippen LogP contribution in [0.1, 0.15) is 32.1 Å². The molecule has 0 aromatic carbocycles. The first-order valence-electron chi connectivity index (χ1n) is 4.67. The minimum Gasteiger partial charge on any atom is -0.359 e. The molecule has 0 aromatic rings. The molecule has 1 aliphatic rings. The van der Waals surface area contributed by atoms with Gasteiger partial charge in [-0.05, 0) is 12.8 Å². The SMILES string of the molecule is CNC(=O)C1(CN)CCCCC1. The van der Waals surface area contributed by atoms with Crippen molar-refractivity contribution in [1.82, 2.24) is 5.32 Å². The summed E-state index contributed by atoms with van der Waals surface area (Å²) in [5.74, 6) is 0.129. The molecule has 0 unspecified atom stereocenters. The Labute approximate surface area is 73.7 Å². The average molecular weight is 170 g/mol. The lowest BCUT2D eigenvalue weighted by atomic mass is 9.73. The maximum atomic E-state index is 11.5. The normalized spacial score (nSPS) is 21.8. The van der Waals surface area contributed by atoms with Gasteiger partial charge in [-0.1, -0.05) is 19.3 Å². The minimum atomic E-state index is -0.243. The number of rotatable bonds is 2. The van der Waals surface area contributed by atoms with Crippen LogP contribution in [0.4, 0.5) is 0 Å². The molecule has 1 rings (SSSR count). The first-order valence-corrected chi connectivity index (χ1v) is 4.67. The van der Waals surface area contributed by atoms with Crippen molar-refractivity contribution in [2.75, 3.05) is 13.6 Å². The number of nitrogens with two attached hydrogens (primary N) is 1. The Balaban J connectivity index is 2.66. The molecule has 0 aliphatic heterocycles. The van der Waals surface area contributed by atoms with Crippen molar-refractivity contribution in [1.29, 1.82) is 0 Å². The van der Waals surface area contributed by atoms with Crippen LogP contribution in [0.3, 0.4) is 0 Å². The zero-order valence-electron chi connectivity index (χ0n) is 7.73. The van der Waals surface area contributed by atoms with Crippen LogP contribution in [-0.2, 0) is 4.79 Å². The molecular weight excluding hydrogens is 152 g/mol. The van der Waals surface area contributed by atoms with Crippen molar-refractivity contribution >= 4 is 5.91 Å². The fourth-order valence-corrected chi connectivity index (χ4v) is 2.02. The number of amides is 1. The van der Waals surface area contributed by atoms with Gasteiger partial charge in [0.05, 0.1) is 5.41 Å². The Morgan fingerprint density at radius 3 is 2.42 bits per heavy atom. The van der Waals surface area contributed by atoms with Crippen LogP contribution >= 0.6 is 0 Å². The zero-order valence-corrected chi connectivity index (χ0v) is 7.73. The molecule has 3 nitrogen and oxygen atoms in total. The third-order valence-electron chi connectivity index (χ3n) is 2.91. The molecule has 1 saturated carbocycles. The highest BCUT2D eigenvalue weighted by molar-refractivity contribution is 5.82. The summed E-state index contributed by atoms with van der Waals surface area (Å²) in [7, 11) is 1.69. The van der Waals surface area contributed by atoms with Gasteiger partial charge in [-0.15, -0.1) is 0 Å². The Bertz CT molecular complexity index is 162. The van der Waals surface area contributed by atoms with E-state index in [9.17, 15) is 4.79 Å². The Morgan fingerprint density at radius 2 is 2.00 bits per heavy atom. The van der Waals surface area contributed by atoms with E-state index in [1.807, 2.05) is 0 Å². The standard InChI is InChI=1S/C9H18N2O/c1-11-8(12)9(7-10)5-3-2-4-6-9/h2-7,10H2,1H3,(H,11,12). The molecule has 3 heteroatoms. The molecule has 1 amide bonds. The van der Waals surface area contributed by atoms with Crippen molar-refractivity contribution in [3.63, 3.8) is 0 Å². The summed E-state index contributed by atoms with van der Waals surface area (Å²) in [6.45, 7) is 0.493. The summed E-state index contributed by atoms with van der Waals surface area (Å²) < 4.78 is 0. The van der Waals surface area contributed by atoms with Gasteiger partial charge in [0.1, 0.15) is 0 Å². The molecule has 0 spiro atoms. The van der Waals surface area contributed by atoms with Crippen LogP contribution in [0.15, 0.2) is 0 Å². The Morgan fingerprint density at radius 1 is 1.42 bits per heavy atom. The van der Waals surface area contributed by atoms with E-state index in [0.29, 0.717) is 6.54 Å². The number of nitrogens with one attached hydrogen (secondary N) is 1. The molecule has 0 aromatic heterocycles. The summed E-state index contributed by atoms with van der Waals surface area (Å²) in [6.07, 6.45) is 5.46. The van der Waals surface area contributed by atoms with Crippen LogP contribution in [0.25, 0.3) is 0 Å². The fourth-order valence-electron chi connectivity index (χ4n) is 2.02. The smallest absolute Gasteiger partial charge is 0.227 e. The van der Waals surface area contributed by atoms with Gasteiger partial charge in [0.25, 0.3) is 0 Å². The molecule has 0 saturated heterocycles. The van der Waals surface area contributed by atoms with Crippen molar-refractivity contribution in [3.05, 3.63) is 0 Å². The second-order valence-corrected chi connectivity index (χ2v) is 3.62. The van der Waals surface area contributed by atoms with Crippen molar-refractivity contribution < 1.29 is 4.79 Å². The molecule has 1 aliphatic carbocycles. The first kappa shape index (κ1) is 9.52. The molecule has 12 heavy (non-hydrogen) atoms. The maximum Gasteiger partial charge on any atom is 0.227 e. The molecule has 70 valence electrons. The third-order valence-corrected chi connectivity index (χ3v) is 2.91. The van der Waals surface area contributed by atoms with Crippen LogP contribution in [0.2, 0.25) is 0 Å². The van der Waals surface area contributed by atoms with E-state index in [1.54, 1.807) is 7.05 Å². The van der Waals surface area contributed by atoms with Crippen LogP contribution in [-0.4, -0.2) is 19.5 Å². The summed E-state index contributed by atoms with van der Waals surface area (Å²) in [5, 5.41) is 2.71. The van der Waals surface area contributed by atoms with E-state index in [-0.39, 0.29) is 11.3 Å². The van der Waals surface area contributed by atoms with E-state index in [1.165, 1.54) is 6.42 Å². The summed E-state index contributed by atoms with van der Waals surface area (Å²) in [5.41, 5.74) is 5.41. The van der Waals surface area contributed by atoms with Crippen LogP contribution in [0.5, 0.6) is 0 Å². The lowest BCUT2D eigenvalue weighted by molar-refractivity contribution is -0.131. The van der Waals surface area contributed by atoms with E-state index in [2.05, 4.69) is 5.32 Å². The molecule has 0 radical (unpaired) electrons. The quantitative estimate of drug-likeness (QED) is 0.639. The molecule has 0 heterocycles. The predicted octanol–water partition coefficient (Wildman–Crippen LogP) is 0.642. The van der Waals surface area contributed by atoms with E-state index >= 15 is 0 Å². The van der Waals surface area contributed by atoms with Crippen molar-refractivity contribution in [2.24, 2.45) is 11.1 Å². The second-order valence-electron chi connectivity index (χ2n) is 3.62. The molecule has 0 atom stereocenters. The van der Waals surface area contributed by atoms with Crippen LogP contribution in [0, 0.1) is 5.41 Å². The van der Waals surface area contributed by atoms with Crippen LogP contribution < -0.4 is 11.1 Å². The second kappa shape index (κ2) is 3.90. The largest absolute Gasteiger partial charge is 0.359 e. The summed E-state index contributed by atoms with van der Waals surface area (Å²) >= 11 is 0. The highest BCUT2D eigenvalue weighted by Gasteiger charge is 2.37. The minimum absolute atomic E-state index is 0.129. The number of carbonyl (C=O) groups excluding carboxylic acids is 1. The van der Waals surface area contributed by atoms with E-state index in [0.717, 1.165) is 25.7 Å². The van der Waals surface area contributed by atoms with Gasteiger partial charge in [-0.3, -0.25) is 4.79 Å². The van der Waals surface area contributed by atoms with Gasteiger partial charge in [0, 0.05) is 13.6 Å². The van der Waals surface area contributed by atoms with E-state index in [4.69, 9.17) is 5.73 Å². The number of hydrogen-bond donors (Lipinski definition) is 2.